The number of ether oxygens (including phenoxy) is 2. The molecule has 2 N–H and O–H groups in total. The molecule has 1 amide bonds. The number of carbonyl (C=O) groups excluding carboxylic acids is 1. The summed E-state index contributed by atoms with van der Waals surface area (Å²) in [5, 5.41) is 12.7. The van der Waals surface area contributed by atoms with Crippen molar-refractivity contribution in [1.82, 2.24) is 0 Å². The SMILES string of the molecule is COc1cccc(OCC(=O)Nc2sc3c(c2C(=O)O)CCCCC3)c1. The van der Waals surface area contributed by atoms with Gasteiger partial charge < -0.3 is 19.9 Å². The summed E-state index contributed by atoms with van der Waals surface area (Å²) in [7, 11) is 1.56. The van der Waals surface area contributed by atoms with Gasteiger partial charge in [-0.15, -0.1) is 11.3 Å². The average molecular weight is 375 g/mol. The maximum atomic E-state index is 12.2. The smallest absolute Gasteiger partial charge is 0.339 e. The topological polar surface area (TPSA) is 84.9 Å². The maximum Gasteiger partial charge on any atom is 0.339 e. The lowest BCUT2D eigenvalue weighted by atomic mass is 10.1. The zero-order valence-electron chi connectivity index (χ0n) is 14.5. The molecule has 0 saturated heterocycles. The summed E-state index contributed by atoms with van der Waals surface area (Å²) < 4.78 is 10.6. The van der Waals surface area contributed by atoms with Crippen molar-refractivity contribution in [3.8, 4) is 11.5 Å². The van der Waals surface area contributed by atoms with Gasteiger partial charge in [0.2, 0.25) is 0 Å². The molecular formula is C19H21NO5S. The Balaban J connectivity index is 1.70. The van der Waals surface area contributed by atoms with Crippen LogP contribution in [0, 0.1) is 0 Å². The highest BCUT2D eigenvalue weighted by Gasteiger charge is 2.25. The molecule has 138 valence electrons. The molecule has 0 atom stereocenters. The van der Waals surface area contributed by atoms with Crippen LogP contribution in [0.15, 0.2) is 24.3 Å². The van der Waals surface area contributed by atoms with Gasteiger partial charge in [-0.2, -0.15) is 0 Å². The summed E-state index contributed by atoms with van der Waals surface area (Å²) in [4.78, 5) is 25.0. The van der Waals surface area contributed by atoms with Crippen molar-refractivity contribution in [2.24, 2.45) is 0 Å². The summed E-state index contributed by atoms with van der Waals surface area (Å²) in [6, 6.07) is 6.96. The van der Waals surface area contributed by atoms with Crippen molar-refractivity contribution in [2.75, 3.05) is 19.0 Å². The Bertz CT molecular complexity index is 814. The van der Waals surface area contributed by atoms with Crippen molar-refractivity contribution in [3.05, 3.63) is 40.3 Å². The molecule has 0 saturated carbocycles. The third kappa shape index (κ3) is 4.16. The number of nitrogens with one attached hydrogen (secondary N) is 1. The van der Waals surface area contributed by atoms with E-state index in [1.807, 2.05) is 0 Å². The zero-order valence-corrected chi connectivity index (χ0v) is 15.4. The number of carboxylic acid groups (broad SMARTS) is 1. The van der Waals surface area contributed by atoms with Gasteiger partial charge in [0.1, 0.15) is 16.5 Å². The van der Waals surface area contributed by atoms with Gasteiger partial charge in [-0.25, -0.2) is 4.79 Å². The Morgan fingerprint density at radius 2 is 1.96 bits per heavy atom. The molecule has 2 aromatic rings. The van der Waals surface area contributed by atoms with Crippen molar-refractivity contribution < 1.29 is 24.2 Å². The van der Waals surface area contributed by atoms with Gasteiger partial charge in [-0.05, 0) is 43.4 Å². The Kier molecular flexibility index (Phi) is 5.78. The molecule has 0 radical (unpaired) electrons. The summed E-state index contributed by atoms with van der Waals surface area (Å²) in [6.45, 7) is -0.200. The molecule has 0 spiro atoms. The van der Waals surface area contributed by atoms with Crippen LogP contribution in [0.25, 0.3) is 0 Å². The lowest BCUT2D eigenvalue weighted by Crippen LogP contribution is -2.21. The van der Waals surface area contributed by atoms with Crippen molar-refractivity contribution in [1.29, 1.82) is 0 Å². The van der Waals surface area contributed by atoms with E-state index in [1.54, 1.807) is 31.4 Å². The number of hydrogen-bond donors (Lipinski definition) is 2. The highest BCUT2D eigenvalue weighted by Crippen LogP contribution is 2.37. The predicted molar refractivity (Wildman–Crippen MR) is 99.7 cm³/mol. The molecule has 0 unspecified atom stereocenters. The van der Waals surface area contributed by atoms with E-state index < -0.39 is 5.97 Å². The van der Waals surface area contributed by atoms with Crippen LogP contribution in [0.3, 0.4) is 0 Å². The average Bonchev–Trinajstić information content (AvgIpc) is 2.81. The fourth-order valence-electron chi connectivity index (χ4n) is 3.06. The molecule has 3 rings (SSSR count). The fraction of sp³-hybridized carbons (Fsp3) is 0.368. The monoisotopic (exact) mass is 375 g/mol. The second-order valence-corrected chi connectivity index (χ2v) is 7.19. The minimum atomic E-state index is -0.992. The molecule has 6 nitrogen and oxygen atoms in total. The number of benzene rings is 1. The minimum absolute atomic E-state index is 0.200. The van der Waals surface area contributed by atoms with E-state index in [9.17, 15) is 14.7 Å². The van der Waals surface area contributed by atoms with Crippen LogP contribution in [0.1, 0.15) is 40.1 Å². The first kappa shape index (κ1) is 18.3. The predicted octanol–water partition coefficient (Wildman–Crippen LogP) is 3.74. The van der Waals surface area contributed by atoms with Crippen LogP contribution in [-0.2, 0) is 17.6 Å². The molecular weight excluding hydrogens is 354 g/mol. The Morgan fingerprint density at radius 1 is 1.19 bits per heavy atom. The molecule has 1 aliphatic rings. The van der Waals surface area contributed by atoms with Crippen LogP contribution in [0.5, 0.6) is 11.5 Å². The van der Waals surface area contributed by atoms with Crippen molar-refractivity contribution in [2.45, 2.75) is 32.1 Å². The van der Waals surface area contributed by atoms with E-state index in [0.29, 0.717) is 16.5 Å². The van der Waals surface area contributed by atoms with E-state index in [-0.39, 0.29) is 18.1 Å². The third-order valence-corrected chi connectivity index (χ3v) is 5.51. The van der Waals surface area contributed by atoms with Gasteiger partial charge in [0.15, 0.2) is 6.61 Å². The number of hydrogen-bond acceptors (Lipinski definition) is 5. The Morgan fingerprint density at radius 3 is 2.73 bits per heavy atom. The van der Waals surface area contributed by atoms with Gasteiger partial charge in [0.05, 0.1) is 12.7 Å². The molecule has 1 aromatic carbocycles. The lowest BCUT2D eigenvalue weighted by molar-refractivity contribution is -0.118. The van der Waals surface area contributed by atoms with Gasteiger partial charge in [-0.3, -0.25) is 4.79 Å². The molecule has 0 fully saturated rings. The molecule has 26 heavy (non-hydrogen) atoms. The molecule has 1 aromatic heterocycles. The van der Waals surface area contributed by atoms with Crippen LogP contribution in [0.2, 0.25) is 0 Å². The third-order valence-electron chi connectivity index (χ3n) is 4.30. The van der Waals surface area contributed by atoms with Gasteiger partial charge >= 0.3 is 5.97 Å². The van der Waals surface area contributed by atoms with Crippen LogP contribution >= 0.6 is 11.3 Å². The number of aryl methyl sites for hydroxylation is 1. The summed E-state index contributed by atoms with van der Waals surface area (Å²) in [5.74, 6) is -0.224. The van der Waals surface area contributed by atoms with E-state index >= 15 is 0 Å². The standard InChI is InChI=1S/C19H21NO5S/c1-24-12-6-5-7-13(10-12)25-11-16(21)20-18-17(19(22)23)14-8-3-2-4-9-15(14)26-18/h5-7,10H,2-4,8-9,11H2,1H3,(H,20,21)(H,22,23). The first-order valence-electron chi connectivity index (χ1n) is 8.53. The molecule has 1 aliphatic carbocycles. The number of amides is 1. The van der Waals surface area contributed by atoms with Crippen LogP contribution in [-0.4, -0.2) is 30.7 Å². The first-order valence-corrected chi connectivity index (χ1v) is 9.34. The highest BCUT2D eigenvalue weighted by molar-refractivity contribution is 7.17. The second-order valence-electron chi connectivity index (χ2n) is 6.09. The lowest BCUT2D eigenvalue weighted by Gasteiger charge is -2.08. The van der Waals surface area contributed by atoms with E-state index in [2.05, 4.69) is 5.32 Å². The van der Waals surface area contributed by atoms with Gasteiger partial charge in [0.25, 0.3) is 5.91 Å². The number of fused-ring (bicyclic) bond motifs is 1. The molecule has 0 bridgehead atoms. The number of thiophene rings is 1. The maximum absolute atomic E-state index is 12.2. The summed E-state index contributed by atoms with van der Waals surface area (Å²) in [6.07, 6.45) is 4.77. The zero-order chi connectivity index (χ0) is 18.5. The fourth-order valence-corrected chi connectivity index (χ4v) is 4.36. The Labute approximate surface area is 155 Å². The minimum Gasteiger partial charge on any atom is -0.497 e. The molecule has 7 heteroatoms. The first-order chi connectivity index (χ1) is 12.6. The molecule has 0 aliphatic heterocycles. The van der Waals surface area contributed by atoms with Gasteiger partial charge in [-0.1, -0.05) is 12.5 Å². The van der Waals surface area contributed by atoms with Crippen molar-refractivity contribution in [3.63, 3.8) is 0 Å². The largest absolute Gasteiger partial charge is 0.497 e. The highest BCUT2D eigenvalue weighted by atomic mass is 32.1. The summed E-state index contributed by atoms with van der Waals surface area (Å²) >= 11 is 1.37. The van der Waals surface area contributed by atoms with Gasteiger partial charge in [0, 0.05) is 10.9 Å². The number of anilines is 1. The molecule has 1 heterocycles. The van der Waals surface area contributed by atoms with E-state index in [4.69, 9.17) is 9.47 Å². The normalized spacial score (nSPS) is 13.4. The van der Waals surface area contributed by atoms with Crippen molar-refractivity contribution >= 4 is 28.2 Å². The van der Waals surface area contributed by atoms with E-state index in [1.165, 1.54) is 11.3 Å². The quantitative estimate of drug-likeness (QED) is 0.751. The van der Waals surface area contributed by atoms with Crippen LogP contribution in [0.4, 0.5) is 5.00 Å². The number of carbonyl (C=O) groups is 2. The summed E-state index contributed by atoms with van der Waals surface area (Å²) in [5.41, 5.74) is 1.12. The van der Waals surface area contributed by atoms with E-state index in [0.717, 1.165) is 42.5 Å². The van der Waals surface area contributed by atoms with Crippen LogP contribution < -0.4 is 14.8 Å². The second kappa shape index (κ2) is 8.23. The number of methoxy groups -OCH3 is 1. The Hall–Kier alpha value is -2.54. The number of aromatic carboxylic acids is 1. The number of rotatable bonds is 6. The number of carboxylic acids is 1.